The molecular weight excluding hydrogens is 467 g/mol. The molecule has 11 heteroatoms. The number of halogens is 3. The van der Waals surface area contributed by atoms with Crippen LogP contribution in [0.15, 0.2) is 75.1 Å². The van der Waals surface area contributed by atoms with Gasteiger partial charge in [-0.3, -0.25) is 9.36 Å². The van der Waals surface area contributed by atoms with Crippen LogP contribution in [0.5, 0.6) is 0 Å². The van der Waals surface area contributed by atoms with Crippen molar-refractivity contribution in [2.45, 2.75) is 24.0 Å². The van der Waals surface area contributed by atoms with E-state index in [9.17, 15) is 18.0 Å². The third kappa shape index (κ3) is 4.21. The second kappa shape index (κ2) is 8.49. The smallest absolute Gasteiger partial charge is 0.353 e. The van der Waals surface area contributed by atoms with Crippen LogP contribution < -0.4 is 5.56 Å². The molecule has 0 atom stereocenters. The first-order chi connectivity index (χ1) is 16.3. The molecule has 0 saturated heterocycles. The molecule has 0 saturated carbocycles. The molecule has 3 aromatic heterocycles. The Bertz CT molecular complexity index is 1540. The van der Waals surface area contributed by atoms with E-state index in [1.165, 1.54) is 28.5 Å². The minimum absolute atomic E-state index is 0.0480. The first-order valence-electron chi connectivity index (χ1n) is 10.1. The van der Waals surface area contributed by atoms with E-state index < -0.39 is 11.7 Å². The molecule has 2 aromatic carbocycles. The maximum Gasteiger partial charge on any atom is 0.416 e. The summed E-state index contributed by atoms with van der Waals surface area (Å²) in [6.07, 6.45) is -4.47. The number of nitrogens with zero attached hydrogens (tertiary/aromatic N) is 4. The van der Waals surface area contributed by atoms with Gasteiger partial charge in [-0.15, -0.1) is 0 Å². The number of fused-ring (bicyclic) bond motifs is 1. The van der Waals surface area contributed by atoms with Crippen LogP contribution in [0.2, 0.25) is 0 Å². The van der Waals surface area contributed by atoms with Gasteiger partial charge in [-0.05, 0) is 37.3 Å². The van der Waals surface area contributed by atoms with Crippen LogP contribution in [-0.4, -0.2) is 24.7 Å². The van der Waals surface area contributed by atoms with E-state index in [-0.39, 0.29) is 28.6 Å². The fourth-order valence-electron chi connectivity index (χ4n) is 3.47. The zero-order valence-corrected chi connectivity index (χ0v) is 18.4. The molecule has 0 radical (unpaired) electrons. The van der Waals surface area contributed by atoms with Crippen LogP contribution in [0.25, 0.3) is 28.1 Å². The highest BCUT2D eigenvalue weighted by atomic mass is 32.2. The molecule has 7 nitrogen and oxygen atoms in total. The van der Waals surface area contributed by atoms with E-state index in [0.29, 0.717) is 21.9 Å². The largest absolute Gasteiger partial charge is 0.416 e. The lowest BCUT2D eigenvalue weighted by molar-refractivity contribution is -0.137. The Morgan fingerprint density at radius 3 is 2.62 bits per heavy atom. The molecule has 0 aliphatic rings. The number of benzene rings is 2. The zero-order valence-electron chi connectivity index (χ0n) is 17.6. The van der Waals surface area contributed by atoms with Crippen LogP contribution in [-0.2, 0) is 11.9 Å². The minimum atomic E-state index is -4.47. The second-order valence-corrected chi connectivity index (χ2v) is 8.40. The molecule has 3 heterocycles. The molecule has 0 bridgehead atoms. The van der Waals surface area contributed by atoms with Crippen molar-refractivity contribution in [2.24, 2.45) is 0 Å². The number of aromatic amines is 1. The number of para-hydroxylation sites is 1. The summed E-state index contributed by atoms with van der Waals surface area (Å²) in [7, 11) is 0. The topological polar surface area (TPSA) is 89.6 Å². The number of alkyl halides is 3. The molecule has 0 unspecified atom stereocenters. The lowest BCUT2D eigenvalue weighted by atomic mass is 10.1. The molecule has 172 valence electrons. The number of thioether (sulfide) groups is 1. The van der Waals surface area contributed by atoms with Gasteiger partial charge in [-0.25, -0.2) is 4.98 Å². The first kappa shape index (κ1) is 22.0. The average Bonchev–Trinajstić information content (AvgIpc) is 3.44. The Kier molecular flexibility index (Phi) is 5.48. The molecule has 34 heavy (non-hydrogen) atoms. The summed E-state index contributed by atoms with van der Waals surface area (Å²) >= 11 is 1.21. The lowest BCUT2D eigenvalue weighted by Gasteiger charge is -2.11. The van der Waals surface area contributed by atoms with Crippen molar-refractivity contribution in [1.82, 2.24) is 24.7 Å². The highest BCUT2D eigenvalue weighted by molar-refractivity contribution is 7.98. The van der Waals surface area contributed by atoms with E-state index in [2.05, 4.69) is 20.1 Å². The Morgan fingerprint density at radius 1 is 1.06 bits per heavy atom. The number of aromatic nitrogens is 5. The fraction of sp³-hybridized carbons (Fsp3) is 0.130. The monoisotopic (exact) mass is 483 g/mol. The standard InChI is InChI=1S/C23H16F3N5O2S/c1-13-10-17-19(27-13)21(32)31(16-8-3-2-4-9-16)22(28-17)34-12-18-29-20(30-33-18)14-6-5-7-15(11-14)23(24,25)26/h2-11,27H,12H2,1H3. The van der Waals surface area contributed by atoms with Gasteiger partial charge in [-0.2, -0.15) is 18.2 Å². The van der Waals surface area contributed by atoms with Gasteiger partial charge in [0.25, 0.3) is 5.56 Å². The van der Waals surface area contributed by atoms with Crippen LogP contribution in [0, 0.1) is 6.92 Å². The van der Waals surface area contributed by atoms with Crippen molar-refractivity contribution in [3.05, 3.63) is 88.2 Å². The highest BCUT2D eigenvalue weighted by Gasteiger charge is 2.30. The summed E-state index contributed by atoms with van der Waals surface area (Å²) < 4.78 is 45.8. The molecule has 1 N–H and O–H groups in total. The number of nitrogens with one attached hydrogen (secondary N) is 1. The molecule has 0 aliphatic heterocycles. The SMILES string of the molecule is Cc1cc2nc(SCc3nc(-c4cccc(C(F)(F)F)c4)no3)n(-c3ccccc3)c(=O)c2[nH]1. The Hall–Kier alpha value is -3.86. The molecule has 0 fully saturated rings. The summed E-state index contributed by atoms with van der Waals surface area (Å²) in [5.41, 5.74) is 1.54. The van der Waals surface area contributed by atoms with Crippen molar-refractivity contribution >= 4 is 22.8 Å². The first-order valence-corrected chi connectivity index (χ1v) is 11.1. The maximum absolute atomic E-state index is 13.2. The van der Waals surface area contributed by atoms with Crippen molar-refractivity contribution in [3.63, 3.8) is 0 Å². The Morgan fingerprint density at radius 2 is 1.85 bits per heavy atom. The lowest BCUT2D eigenvalue weighted by Crippen LogP contribution is -2.21. The normalized spacial score (nSPS) is 11.9. The van der Waals surface area contributed by atoms with Gasteiger partial charge in [0.1, 0.15) is 5.52 Å². The van der Waals surface area contributed by atoms with Crippen LogP contribution in [0.1, 0.15) is 17.1 Å². The summed E-state index contributed by atoms with van der Waals surface area (Å²) in [6, 6.07) is 15.6. The quantitative estimate of drug-likeness (QED) is 0.267. The Balaban J connectivity index is 1.46. The van der Waals surface area contributed by atoms with Gasteiger partial charge >= 0.3 is 6.18 Å². The molecule has 5 aromatic rings. The van der Waals surface area contributed by atoms with Crippen LogP contribution >= 0.6 is 11.8 Å². The van der Waals surface area contributed by atoms with Gasteiger partial charge in [-0.1, -0.05) is 47.3 Å². The number of aryl methyl sites for hydroxylation is 1. The van der Waals surface area contributed by atoms with Gasteiger partial charge in [0.15, 0.2) is 5.16 Å². The van der Waals surface area contributed by atoms with Crippen molar-refractivity contribution < 1.29 is 17.7 Å². The molecule has 5 rings (SSSR count). The predicted molar refractivity (Wildman–Crippen MR) is 121 cm³/mol. The van der Waals surface area contributed by atoms with Crippen molar-refractivity contribution in [2.75, 3.05) is 0 Å². The summed E-state index contributed by atoms with van der Waals surface area (Å²) in [6.45, 7) is 1.84. The number of hydrogen-bond donors (Lipinski definition) is 1. The third-order valence-corrected chi connectivity index (χ3v) is 5.93. The maximum atomic E-state index is 13.2. The van der Waals surface area contributed by atoms with Gasteiger partial charge in [0.2, 0.25) is 11.7 Å². The third-order valence-electron chi connectivity index (χ3n) is 5.01. The van der Waals surface area contributed by atoms with Gasteiger partial charge in [0.05, 0.1) is 22.5 Å². The molecular formula is C23H16F3N5O2S. The van der Waals surface area contributed by atoms with E-state index in [0.717, 1.165) is 17.8 Å². The van der Waals surface area contributed by atoms with Crippen LogP contribution in [0.3, 0.4) is 0 Å². The summed E-state index contributed by atoms with van der Waals surface area (Å²) in [4.78, 5) is 25.1. The van der Waals surface area contributed by atoms with E-state index in [1.54, 1.807) is 18.2 Å². The fourth-order valence-corrected chi connectivity index (χ4v) is 4.32. The molecule has 0 aliphatic carbocycles. The van der Waals surface area contributed by atoms with E-state index in [4.69, 9.17) is 4.52 Å². The number of H-pyrrole nitrogens is 1. The van der Waals surface area contributed by atoms with E-state index >= 15 is 0 Å². The number of hydrogen-bond acceptors (Lipinski definition) is 6. The predicted octanol–water partition coefficient (Wildman–Crippen LogP) is 5.38. The van der Waals surface area contributed by atoms with Gasteiger partial charge < -0.3 is 9.51 Å². The van der Waals surface area contributed by atoms with E-state index in [1.807, 2.05) is 25.1 Å². The van der Waals surface area contributed by atoms with Crippen molar-refractivity contribution in [3.8, 4) is 17.1 Å². The van der Waals surface area contributed by atoms with Gasteiger partial charge in [0, 0.05) is 11.3 Å². The minimum Gasteiger partial charge on any atom is -0.353 e. The Labute approximate surface area is 194 Å². The zero-order chi connectivity index (χ0) is 23.9. The summed E-state index contributed by atoms with van der Waals surface area (Å²) in [5, 5.41) is 4.23. The average molecular weight is 483 g/mol. The summed E-state index contributed by atoms with van der Waals surface area (Å²) in [5.74, 6) is 0.406. The molecule has 0 amide bonds. The van der Waals surface area contributed by atoms with Crippen molar-refractivity contribution in [1.29, 1.82) is 0 Å². The highest BCUT2D eigenvalue weighted by Crippen LogP contribution is 2.32. The van der Waals surface area contributed by atoms with Crippen LogP contribution in [0.4, 0.5) is 13.2 Å². The molecule has 0 spiro atoms. The number of rotatable bonds is 5. The second-order valence-electron chi connectivity index (χ2n) is 7.46.